The van der Waals surface area contributed by atoms with Gasteiger partial charge in [-0.1, -0.05) is 0 Å². The van der Waals surface area contributed by atoms with Gasteiger partial charge < -0.3 is 14.4 Å². The third-order valence-electron chi connectivity index (χ3n) is 4.97. The maximum Gasteiger partial charge on any atom is 0.412 e. The van der Waals surface area contributed by atoms with Gasteiger partial charge in [0.2, 0.25) is 0 Å². The molecule has 2 amide bonds. The monoisotopic (exact) mass is 474 g/mol. The van der Waals surface area contributed by atoms with Gasteiger partial charge in [-0.05, 0) is 24.3 Å². The molecular weight excluding hydrogens is 456 g/mol. The van der Waals surface area contributed by atoms with Crippen LogP contribution in [0, 0.1) is 11.3 Å². The first-order chi connectivity index (χ1) is 16.4. The van der Waals surface area contributed by atoms with Crippen LogP contribution >= 0.6 is 11.3 Å². The lowest BCUT2D eigenvalue weighted by atomic mass is 10.1. The number of nitrogens with one attached hydrogen (secondary N) is 1. The van der Waals surface area contributed by atoms with Gasteiger partial charge in [0.1, 0.15) is 17.6 Å². The maximum atomic E-state index is 13.2. The van der Waals surface area contributed by atoms with Gasteiger partial charge in [0.15, 0.2) is 5.01 Å². The molecule has 0 fully saturated rings. The highest BCUT2D eigenvalue weighted by atomic mass is 32.1. The number of fused-ring (bicyclic) bond motifs is 1. The molecule has 0 unspecified atom stereocenters. The molecule has 34 heavy (non-hydrogen) atoms. The fourth-order valence-electron chi connectivity index (χ4n) is 3.18. The van der Waals surface area contributed by atoms with Crippen LogP contribution < -0.4 is 15.0 Å². The number of aromatic nitrogens is 3. The molecule has 1 aromatic carbocycles. The van der Waals surface area contributed by atoms with Gasteiger partial charge in [0.05, 0.1) is 30.0 Å². The molecule has 0 saturated heterocycles. The minimum Gasteiger partial charge on any atom is -0.495 e. The third-order valence-corrected chi connectivity index (χ3v) is 5.95. The Labute approximate surface area is 198 Å². The molecule has 11 heteroatoms. The number of ether oxygens (including phenoxy) is 2. The summed E-state index contributed by atoms with van der Waals surface area (Å²) in [4.78, 5) is 39.0. The summed E-state index contributed by atoms with van der Waals surface area (Å²) in [6.07, 6.45) is 4.27. The van der Waals surface area contributed by atoms with Crippen LogP contribution in [0.15, 0.2) is 48.9 Å². The molecule has 4 aromatic rings. The second-order valence-corrected chi connectivity index (χ2v) is 7.99. The van der Waals surface area contributed by atoms with E-state index in [9.17, 15) is 14.9 Å². The van der Waals surface area contributed by atoms with Crippen molar-refractivity contribution in [3.8, 4) is 22.9 Å². The predicted molar refractivity (Wildman–Crippen MR) is 127 cm³/mol. The van der Waals surface area contributed by atoms with E-state index in [0.29, 0.717) is 33.9 Å². The Bertz CT molecular complexity index is 1430. The number of thiazole rings is 1. The topological polar surface area (TPSA) is 130 Å². The summed E-state index contributed by atoms with van der Waals surface area (Å²) >= 11 is 1.23. The Morgan fingerprint density at radius 1 is 1.15 bits per heavy atom. The SMILES string of the molecule is COC(=O)Nc1ccc(-c2cncc3sc(C(=O)N(C)c4ccc(C#N)c(OC)c4)nc23)cn1. The molecule has 3 aromatic heterocycles. The van der Waals surface area contributed by atoms with Gasteiger partial charge in [-0.15, -0.1) is 11.3 Å². The molecule has 10 nitrogen and oxygen atoms in total. The molecule has 170 valence electrons. The zero-order valence-electron chi connectivity index (χ0n) is 18.4. The van der Waals surface area contributed by atoms with Crippen LogP contribution in [0.5, 0.6) is 5.75 Å². The lowest BCUT2D eigenvalue weighted by Crippen LogP contribution is -2.26. The van der Waals surface area contributed by atoms with E-state index in [2.05, 4.69) is 31.1 Å². The number of benzene rings is 1. The van der Waals surface area contributed by atoms with Crippen LogP contribution in [0.1, 0.15) is 15.4 Å². The first-order valence-electron chi connectivity index (χ1n) is 9.87. The number of methoxy groups -OCH3 is 2. The van der Waals surface area contributed by atoms with E-state index in [1.54, 1.807) is 56.0 Å². The van der Waals surface area contributed by atoms with E-state index in [-0.39, 0.29) is 10.9 Å². The minimum atomic E-state index is -0.615. The highest BCUT2D eigenvalue weighted by molar-refractivity contribution is 7.20. The van der Waals surface area contributed by atoms with Crippen LogP contribution in [-0.4, -0.2) is 48.2 Å². The lowest BCUT2D eigenvalue weighted by Gasteiger charge is -2.17. The third kappa shape index (κ3) is 4.35. The molecule has 0 aliphatic rings. The Morgan fingerprint density at radius 2 is 1.97 bits per heavy atom. The van der Waals surface area contributed by atoms with Crippen molar-refractivity contribution in [3.63, 3.8) is 0 Å². The lowest BCUT2D eigenvalue weighted by molar-refractivity contribution is 0.0992. The summed E-state index contributed by atoms with van der Waals surface area (Å²) in [5.74, 6) is 0.409. The van der Waals surface area contributed by atoms with Crippen LogP contribution in [0.3, 0.4) is 0 Å². The minimum absolute atomic E-state index is 0.284. The van der Waals surface area contributed by atoms with Crippen molar-refractivity contribution in [3.05, 3.63) is 59.5 Å². The Balaban J connectivity index is 1.65. The number of carbonyl (C=O) groups is 2. The van der Waals surface area contributed by atoms with Crippen molar-refractivity contribution in [2.24, 2.45) is 0 Å². The first-order valence-corrected chi connectivity index (χ1v) is 10.7. The van der Waals surface area contributed by atoms with Crippen LogP contribution in [0.2, 0.25) is 0 Å². The highest BCUT2D eigenvalue weighted by Gasteiger charge is 2.21. The fraction of sp³-hybridized carbons (Fsp3) is 0.130. The van der Waals surface area contributed by atoms with Crippen LogP contribution in [0.4, 0.5) is 16.3 Å². The summed E-state index contributed by atoms with van der Waals surface area (Å²) in [7, 11) is 4.37. The number of nitrogens with zero attached hydrogens (tertiary/aromatic N) is 5. The second kappa shape index (κ2) is 9.51. The van der Waals surface area contributed by atoms with E-state index >= 15 is 0 Å². The number of nitriles is 1. The van der Waals surface area contributed by atoms with Crippen molar-refractivity contribution in [1.29, 1.82) is 5.26 Å². The van der Waals surface area contributed by atoms with E-state index < -0.39 is 6.09 Å². The van der Waals surface area contributed by atoms with Crippen molar-refractivity contribution in [2.45, 2.75) is 0 Å². The van der Waals surface area contributed by atoms with E-state index in [1.165, 1.54) is 30.5 Å². The molecule has 0 bridgehead atoms. The molecule has 4 rings (SSSR count). The predicted octanol–water partition coefficient (Wildman–Crippen LogP) is 4.09. The quantitative estimate of drug-likeness (QED) is 0.458. The maximum absolute atomic E-state index is 13.2. The Morgan fingerprint density at radius 3 is 2.65 bits per heavy atom. The normalized spacial score (nSPS) is 10.4. The molecule has 0 aliphatic heterocycles. The van der Waals surface area contributed by atoms with E-state index in [0.717, 1.165) is 10.3 Å². The number of pyridine rings is 2. The zero-order valence-corrected chi connectivity index (χ0v) is 19.2. The number of hydrogen-bond acceptors (Lipinski definition) is 9. The number of anilines is 2. The van der Waals surface area contributed by atoms with Crippen molar-refractivity contribution in [1.82, 2.24) is 15.0 Å². The highest BCUT2D eigenvalue weighted by Crippen LogP contribution is 2.32. The number of amides is 2. The molecule has 0 aliphatic carbocycles. The van der Waals surface area contributed by atoms with Gasteiger partial charge >= 0.3 is 6.09 Å². The molecular formula is C23H18N6O4S. The van der Waals surface area contributed by atoms with E-state index in [4.69, 9.17) is 4.74 Å². The Kier molecular flexibility index (Phi) is 6.33. The van der Waals surface area contributed by atoms with Crippen LogP contribution in [-0.2, 0) is 4.74 Å². The molecule has 0 spiro atoms. The van der Waals surface area contributed by atoms with Gasteiger partial charge in [-0.2, -0.15) is 5.26 Å². The largest absolute Gasteiger partial charge is 0.495 e. The molecule has 3 heterocycles. The van der Waals surface area contributed by atoms with Crippen LogP contribution in [0.25, 0.3) is 21.3 Å². The number of rotatable bonds is 5. The van der Waals surface area contributed by atoms with Gasteiger partial charge in [-0.3, -0.25) is 15.1 Å². The summed E-state index contributed by atoms with van der Waals surface area (Å²) in [5, 5.41) is 12.0. The molecule has 0 saturated carbocycles. The summed E-state index contributed by atoms with van der Waals surface area (Å²) in [5.41, 5.74) is 2.99. The van der Waals surface area contributed by atoms with Crippen molar-refractivity contribution < 1.29 is 19.1 Å². The molecule has 0 atom stereocenters. The average Bonchev–Trinajstić information content (AvgIpc) is 3.32. The smallest absolute Gasteiger partial charge is 0.412 e. The van der Waals surface area contributed by atoms with Gasteiger partial charge in [0, 0.05) is 48.5 Å². The fourth-order valence-corrected chi connectivity index (χ4v) is 4.12. The van der Waals surface area contributed by atoms with Crippen molar-refractivity contribution in [2.75, 3.05) is 31.5 Å². The summed E-state index contributed by atoms with van der Waals surface area (Å²) < 4.78 is 10.5. The van der Waals surface area contributed by atoms with E-state index in [1.807, 2.05) is 0 Å². The zero-order chi connectivity index (χ0) is 24.2. The van der Waals surface area contributed by atoms with Gasteiger partial charge in [0.25, 0.3) is 5.91 Å². The number of carbonyl (C=O) groups excluding carboxylic acids is 2. The summed E-state index contributed by atoms with van der Waals surface area (Å²) in [6.45, 7) is 0. The molecule has 1 N–H and O–H groups in total. The van der Waals surface area contributed by atoms with Gasteiger partial charge in [-0.25, -0.2) is 14.8 Å². The standard InChI is InChI=1S/C23H18N6O4S/c1-29(15-6-4-13(9-24)17(8-15)32-2)22(30)21-28-20-16(11-25-12-18(20)34-21)14-5-7-19(26-10-14)27-23(31)33-3/h4-8,10-12H,1-3H3,(H,26,27,31). The average molecular weight is 475 g/mol. The van der Waals surface area contributed by atoms with Crippen molar-refractivity contribution >= 4 is 45.1 Å². The summed E-state index contributed by atoms with van der Waals surface area (Å²) in [6, 6.07) is 10.4. The number of hydrogen-bond donors (Lipinski definition) is 1. The molecule has 0 radical (unpaired) electrons. The first kappa shape index (κ1) is 22.6. The Hall–Kier alpha value is -4.56. The second-order valence-electron chi connectivity index (χ2n) is 6.96.